The molecule has 0 unspecified atom stereocenters. The third-order valence-electron chi connectivity index (χ3n) is 7.03. The molecule has 2 aliphatic rings. The van der Waals surface area contributed by atoms with Crippen LogP contribution in [0.15, 0.2) is 47.3 Å². The van der Waals surface area contributed by atoms with Gasteiger partial charge in [0.25, 0.3) is 11.5 Å². The lowest BCUT2D eigenvalue weighted by molar-refractivity contribution is -0.00596. The molecule has 1 amide bonds. The largest absolute Gasteiger partial charge is 0.497 e. The van der Waals surface area contributed by atoms with Crippen molar-refractivity contribution in [2.75, 3.05) is 20.2 Å². The number of nitrogens with zero attached hydrogens (tertiary/aromatic N) is 2. The summed E-state index contributed by atoms with van der Waals surface area (Å²) in [5, 5.41) is 0. The molecule has 1 spiro atoms. The second kappa shape index (κ2) is 9.26. The van der Waals surface area contributed by atoms with Gasteiger partial charge in [0, 0.05) is 38.4 Å². The molecule has 1 fully saturated rings. The molecule has 3 heterocycles. The van der Waals surface area contributed by atoms with Crippen molar-refractivity contribution in [3.8, 4) is 11.5 Å². The molecular formula is C28H29N3O5. The molecule has 1 N–H and O–H groups in total. The SMILES string of the molecule is COc1ccc(Cc2nc(C(=O)N3CCC4(CC3)CC(=O)c3c(C)cc(C)cc3O4)cc(=O)[nH]2)cc1. The smallest absolute Gasteiger partial charge is 0.272 e. The monoisotopic (exact) mass is 487 g/mol. The number of carbonyl (C=O) groups is 2. The lowest BCUT2D eigenvalue weighted by atomic mass is 9.81. The van der Waals surface area contributed by atoms with Crippen LogP contribution in [0.3, 0.4) is 0 Å². The first kappa shape index (κ1) is 23.8. The Morgan fingerprint density at radius 1 is 1.11 bits per heavy atom. The number of rotatable bonds is 4. The minimum absolute atomic E-state index is 0.0907. The number of carbonyl (C=O) groups excluding carboxylic acids is 2. The number of Topliss-reactive ketones (excluding diaryl/α,β-unsaturated/α-hetero) is 1. The normalized spacial score (nSPS) is 16.4. The van der Waals surface area contributed by atoms with Crippen LogP contribution in [0.5, 0.6) is 11.5 Å². The molecular weight excluding hydrogens is 458 g/mol. The van der Waals surface area contributed by atoms with E-state index in [1.165, 1.54) is 6.07 Å². The van der Waals surface area contributed by atoms with Gasteiger partial charge in [0.15, 0.2) is 5.78 Å². The maximum Gasteiger partial charge on any atom is 0.272 e. The van der Waals surface area contributed by atoms with Gasteiger partial charge >= 0.3 is 0 Å². The first-order valence-corrected chi connectivity index (χ1v) is 12.1. The predicted molar refractivity (Wildman–Crippen MR) is 134 cm³/mol. The Morgan fingerprint density at radius 2 is 1.83 bits per heavy atom. The molecule has 2 aromatic carbocycles. The highest BCUT2D eigenvalue weighted by atomic mass is 16.5. The minimum Gasteiger partial charge on any atom is -0.497 e. The molecule has 0 aliphatic carbocycles. The number of aromatic amines is 1. The van der Waals surface area contributed by atoms with E-state index < -0.39 is 5.60 Å². The molecule has 186 valence electrons. The molecule has 2 aliphatic heterocycles. The van der Waals surface area contributed by atoms with Crippen LogP contribution >= 0.6 is 0 Å². The number of nitrogens with one attached hydrogen (secondary N) is 1. The van der Waals surface area contributed by atoms with Crippen molar-refractivity contribution >= 4 is 11.7 Å². The zero-order valence-corrected chi connectivity index (χ0v) is 20.7. The molecule has 0 saturated carbocycles. The third kappa shape index (κ3) is 4.63. The van der Waals surface area contributed by atoms with E-state index in [4.69, 9.17) is 9.47 Å². The van der Waals surface area contributed by atoms with Gasteiger partial charge in [-0.2, -0.15) is 0 Å². The standard InChI is InChI=1S/C28H29N3O5/c1-17-12-18(2)26-22(32)16-28(36-23(26)13-17)8-10-31(11-9-28)27(34)21-15-25(33)30-24(29-21)14-19-4-6-20(35-3)7-5-19/h4-7,12-13,15H,8-11,14,16H2,1-3H3,(H,29,30,33). The van der Waals surface area contributed by atoms with Crippen molar-refractivity contribution in [2.24, 2.45) is 0 Å². The molecule has 0 bridgehead atoms. The summed E-state index contributed by atoms with van der Waals surface area (Å²) in [6.07, 6.45) is 1.77. The number of piperidine rings is 1. The van der Waals surface area contributed by atoms with Crippen molar-refractivity contribution in [1.29, 1.82) is 0 Å². The summed E-state index contributed by atoms with van der Waals surface area (Å²) < 4.78 is 11.6. The Bertz CT molecular complexity index is 1390. The average molecular weight is 488 g/mol. The van der Waals surface area contributed by atoms with Crippen LogP contribution in [0.25, 0.3) is 0 Å². The number of aryl methyl sites for hydroxylation is 2. The number of ether oxygens (including phenoxy) is 2. The average Bonchev–Trinajstić information content (AvgIpc) is 2.83. The molecule has 0 atom stereocenters. The molecule has 0 radical (unpaired) electrons. The maximum atomic E-state index is 13.2. The highest BCUT2D eigenvalue weighted by molar-refractivity contribution is 6.02. The Labute approximate surface area is 209 Å². The van der Waals surface area contributed by atoms with Gasteiger partial charge in [-0.05, 0) is 48.7 Å². The first-order chi connectivity index (χ1) is 17.2. The molecule has 8 heteroatoms. The van der Waals surface area contributed by atoms with Crippen LogP contribution in [-0.2, 0) is 6.42 Å². The van der Waals surface area contributed by atoms with Gasteiger partial charge in [-0.3, -0.25) is 14.4 Å². The number of fused-ring (bicyclic) bond motifs is 1. The summed E-state index contributed by atoms with van der Waals surface area (Å²) >= 11 is 0. The fourth-order valence-corrected chi connectivity index (χ4v) is 5.21. The van der Waals surface area contributed by atoms with Gasteiger partial charge in [0.05, 0.1) is 19.1 Å². The number of benzene rings is 2. The molecule has 3 aromatic rings. The summed E-state index contributed by atoms with van der Waals surface area (Å²) in [7, 11) is 1.60. The third-order valence-corrected chi connectivity index (χ3v) is 7.03. The number of methoxy groups -OCH3 is 1. The molecule has 8 nitrogen and oxygen atoms in total. The van der Waals surface area contributed by atoms with Gasteiger partial charge in [-0.1, -0.05) is 18.2 Å². The molecule has 1 saturated heterocycles. The minimum atomic E-state index is -0.609. The van der Waals surface area contributed by atoms with Crippen molar-refractivity contribution in [2.45, 2.75) is 45.1 Å². The van der Waals surface area contributed by atoms with Crippen LogP contribution in [0.2, 0.25) is 0 Å². The van der Waals surface area contributed by atoms with Crippen LogP contribution in [0, 0.1) is 13.8 Å². The number of amides is 1. The first-order valence-electron chi connectivity index (χ1n) is 12.1. The summed E-state index contributed by atoms with van der Waals surface area (Å²) in [4.78, 5) is 47.4. The predicted octanol–water partition coefficient (Wildman–Crippen LogP) is 3.63. The second-order valence-electron chi connectivity index (χ2n) is 9.73. The van der Waals surface area contributed by atoms with Gasteiger partial charge in [0.1, 0.15) is 28.6 Å². The zero-order chi connectivity index (χ0) is 25.4. The van der Waals surface area contributed by atoms with E-state index in [9.17, 15) is 14.4 Å². The summed E-state index contributed by atoms with van der Waals surface area (Å²) in [6.45, 7) is 4.77. The van der Waals surface area contributed by atoms with Crippen LogP contribution in [0.1, 0.15) is 62.6 Å². The van der Waals surface area contributed by atoms with Gasteiger partial charge in [0.2, 0.25) is 0 Å². The number of H-pyrrole nitrogens is 1. The quantitative estimate of drug-likeness (QED) is 0.603. The molecule has 1 aromatic heterocycles. The number of ketones is 1. The zero-order valence-electron chi connectivity index (χ0n) is 20.7. The van der Waals surface area contributed by atoms with E-state index in [2.05, 4.69) is 9.97 Å². The van der Waals surface area contributed by atoms with Gasteiger partial charge in [-0.25, -0.2) is 4.98 Å². The van der Waals surface area contributed by atoms with E-state index in [0.717, 1.165) is 22.4 Å². The number of likely N-dealkylation sites (tertiary alicyclic amines) is 1. The van der Waals surface area contributed by atoms with E-state index in [-0.39, 0.29) is 22.9 Å². The Balaban J connectivity index is 1.29. The van der Waals surface area contributed by atoms with Crippen molar-refractivity contribution in [3.05, 3.63) is 86.6 Å². The molecule has 36 heavy (non-hydrogen) atoms. The van der Waals surface area contributed by atoms with Crippen LogP contribution < -0.4 is 15.0 Å². The summed E-state index contributed by atoms with van der Waals surface area (Å²) in [5.41, 5.74) is 2.74. The highest BCUT2D eigenvalue weighted by Crippen LogP contribution is 2.41. The molecule has 5 rings (SSSR count). The van der Waals surface area contributed by atoms with Gasteiger partial charge < -0.3 is 19.4 Å². The maximum absolute atomic E-state index is 13.2. The van der Waals surface area contributed by atoms with Crippen LogP contribution in [0.4, 0.5) is 0 Å². The van der Waals surface area contributed by atoms with E-state index >= 15 is 0 Å². The fourth-order valence-electron chi connectivity index (χ4n) is 5.21. The Kier molecular flexibility index (Phi) is 6.12. The fraction of sp³-hybridized carbons (Fsp3) is 0.357. The van der Waals surface area contributed by atoms with E-state index in [0.29, 0.717) is 55.9 Å². The number of hydrogen-bond donors (Lipinski definition) is 1. The second-order valence-corrected chi connectivity index (χ2v) is 9.73. The van der Waals surface area contributed by atoms with Crippen molar-refractivity contribution < 1.29 is 19.1 Å². The van der Waals surface area contributed by atoms with Crippen LogP contribution in [-0.4, -0.2) is 52.4 Å². The highest BCUT2D eigenvalue weighted by Gasteiger charge is 2.44. The summed E-state index contributed by atoms with van der Waals surface area (Å²) in [5.74, 6) is 1.61. The summed E-state index contributed by atoms with van der Waals surface area (Å²) in [6, 6.07) is 12.6. The van der Waals surface area contributed by atoms with E-state index in [1.54, 1.807) is 12.0 Å². The Hall–Kier alpha value is -3.94. The van der Waals surface area contributed by atoms with Crippen molar-refractivity contribution in [1.82, 2.24) is 14.9 Å². The van der Waals surface area contributed by atoms with E-state index in [1.807, 2.05) is 50.2 Å². The van der Waals surface area contributed by atoms with Gasteiger partial charge in [-0.15, -0.1) is 0 Å². The lowest BCUT2D eigenvalue weighted by Crippen LogP contribution is -2.52. The Morgan fingerprint density at radius 3 is 2.53 bits per heavy atom. The number of hydrogen-bond acceptors (Lipinski definition) is 6. The number of aromatic nitrogens is 2. The lowest BCUT2D eigenvalue weighted by Gasteiger charge is -2.44. The topological polar surface area (TPSA) is 102 Å². The van der Waals surface area contributed by atoms with Crippen molar-refractivity contribution in [3.63, 3.8) is 0 Å².